The Kier molecular flexibility index (Phi) is 7.95. The van der Waals surface area contributed by atoms with Gasteiger partial charge in [0.15, 0.2) is 17.5 Å². The van der Waals surface area contributed by atoms with E-state index in [2.05, 4.69) is 164 Å². The number of aryl methyl sites for hydroxylation is 1. The summed E-state index contributed by atoms with van der Waals surface area (Å²) < 4.78 is 12.7. The van der Waals surface area contributed by atoms with Crippen LogP contribution in [0.4, 0.5) is 0 Å². The van der Waals surface area contributed by atoms with E-state index in [1.54, 1.807) is 0 Å². The SMILES string of the molecule is C1=C(c2cccc(-c3nc(-c4ccc(-c5ccccc5)cc4)nc(-c4ccc(-c5cccc6c5-c5ccccc5CO6)cc4)n3)c2)c2oc3ccccc3c2CC1. The Hall–Kier alpha value is -7.37. The van der Waals surface area contributed by atoms with Gasteiger partial charge in [-0.25, -0.2) is 15.0 Å². The van der Waals surface area contributed by atoms with Crippen LogP contribution in [0.25, 0.3) is 84.1 Å². The highest BCUT2D eigenvalue weighted by molar-refractivity contribution is 5.92. The lowest BCUT2D eigenvalue weighted by Gasteiger charge is -2.23. The molecule has 0 fully saturated rings. The molecule has 5 heteroatoms. The molecule has 270 valence electrons. The van der Waals surface area contributed by atoms with Crippen LogP contribution in [0.15, 0.2) is 180 Å². The van der Waals surface area contributed by atoms with E-state index in [1.807, 2.05) is 12.1 Å². The van der Waals surface area contributed by atoms with Crippen molar-refractivity contribution < 1.29 is 9.15 Å². The molecule has 0 saturated heterocycles. The second kappa shape index (κ2) is 13.7. The molecule has 0 radical (unpaired) electrons. The lowest BCUT2D eigenvalue weighted by Crippen LogP contribution is -2.06. The van der Waals surface area contributed by atoms with Crippen molar-refractivity contribution in [2.45, 2.75) is 19.4 Å². The molecule has 2 aliphatic rings. The smallest absolute Gasteiger partial charge is 0.164 e. The van der Waals surface area contributed by atoms with Crippen LogP contribution < -0.4 is 4.74 Å². The van der Waals surface area contributed by atoms with E-state index in [0.29, 0.717) is 24.1 Å². The highest BCUT2D eigenvalue weighted by Gasteiger charge is 2.23. The molecule has 1 aliphatic heterocycles. The molecular weight excluding hydrogens is 699 g/mol. The van der Waals surface area contributed by atoms with Gasteiger partial charge in [-0.1, -0.05) is 158 Å². The van der Waals surface area contributed by atoms with Gasteiger partial charge in [0.2, 0.25) is 0 Å². The fourth-order valence-corrected chi connectivity index (χ4v) is 8.31. The van der Waals surface area contributed by atoms with E-state index in [-0.39, 0.29) is 0 Å². The summed E-state index contributed by atoms with van der Waals surface area (Å²) in [5.74, 6) is 3.69. The molecule has 57 heavy (non-hydrogen) atoms. The van der Waals surface area contributed by atoms with Gasteiger partial charge in [0, 0.05) is 38.8 Å². The highest BCUT2D eigenvalue weighted by atomic mass is 16.5. The molecule has 2 aromatic heterocycles. The van der Waals surface area contributed by atoms with Crippen LogP contribution in [-0.4, -0.2) is 15.0 Å². The average Bonchev–Trinajstić information content (AvgIpc) is 3.68. The Morgan fingerprint density at radius 2 is 1.05 bits per heavy atom. The van der Waals surface area contributed by atoms with Crippen molar-refractivity contribution in [1.29, 1.82) is 0 Å². The standard InChI is InChI=1S/C52H35N3O2/c1-2-11-33(12-3-1)34-23-27-36(28-24-34)50-53-51(37-29-25-35(26-30-37)41-18-10-22-47-48(41)42-16-5-4-13-40(42)32-56-47)55-52(54-50)39-15-8-14-38(31-39)43-19-9-20-45-44-17-6-7-21-46(44)57-49(43)45/h1-8,10-19,21-31H,9,20,32H2. The molecule has 7 aromatic carbocycles. The molecule has 0 saturated carbocycles. The zero-order valence-corrected chi connectivity index (χ0v) is 31.0. The second-order valence-electron chi connectivity index (χ2n) is 14.6. The van der Waals surface area contributed by atoms with E-state index >= 15 is 0 Å². The molecule has 0 bridgehead atoms. The van der Waals surface area contributed by atoms with Gasteiger partial charge in [-0.2, -0.15) is 0 Å². The van der Waals surface area contributed by atoms with Crippen molar-refractivity contribution in [3.05, 3.63) is 198 Å². The number of furan rings is 1. The van der Waals surface area contributed by atoms with Gasteiger partial charge in [-0.05, 0) is 70.0 Å². The van der Waals surface area contributed by atoms with E-state index in [0.717, 1.165) is 85.6 Å². The molecule has 0 amide bonds. The molecule has 11 rings (SSSR count). The number of benzene rings is 7. The lowest BCUT2D eigenvalue weighted by molar-refractivity contribution is 0.302. The summed E-state index contributed by atoms with van der Waals surface area (Å²) in [6.45, 7) is 0.575. The first kappa shape index (κ1) is 33.0. The molecule has 1 aliphatic carbocycles. The largest absolute Gasteiger partial charge is 0.488 e. The average molecular weight is 734 g/mol. The Morgan fingerprint density at radius 1 is 0.456 bits per heavy atom. The summed E-state index contributed by atoms with van der Waals surface area (Å²) in [4.78, 5) is 15.4. The van der Waals surface area contributed by atoms with Crippen molar-refractivity contribution >= 4 is 16.5 Å². The van der Waals surface area contributed by atoms with Crippen LogP contribution in [0.1, 0.15) is 28.9 Å². The Labute approximate surface area is 330 Å². The molecule has 3 heterocycles. The maximum absolute atomic E-state index is 6.47. The van der Waals surface area contributed by atoms with Crippen LogP contribution in [0.3, 0.4) is 0 Å². The van der Waals surface area contributed by atoms with Crippen molar-refractivity contribution in [3.63, 3.8) is 0 Å². The fourth-order valence-electron chi connectivity index (χ4n) is 8.31. The zero-order valence-electron chi connectivity index (χ0n) is 31.0. The number of allylic oxidation sites excluding steroid dienone is 1. The van der Waals surface area contributed by atoms with Crippen LogP contribution in [0, 0.1) is 0 Å². The van der Waals surface area contributed by atoms with E-state index in [4.69, 9.17) is 24.1 Å². The van der Waals surface area contributed by atoms with Crippen LogP contribution in [-0.2, 0) is 13.0 Å². The maximum Gasteiger partial charge on any atom is 0.164 e. The minimum Gasteiger partial charge on any atom is -0.488 e. The van der Waals surface area contributed by atoms with Gasteiger partial charge < -0.3 is 9.15 Å². The molecule has 0 unspecified atom stereocenters. The van der Waals surface area contributed by atoms with E-state index in [1.165, 1.54) is 22.1 Å². The first-order chi connectivity index (χ1) is 28.2. The summed E-state index contributed by atoms with van der Waals surface area (Å²) in [7, 11) is 0. The summed E-state index contributed by atoms with van der Waals surface area (Å²) in [5, 5.41) is 1.19. The Morgan fingerprint density at radius 3 is 1.86 bits per heavy atom. The summed E-state index contributed by atoms with van der Waals surface area (Å²) in [5.41, 5.74) is 15.2. The second-order valence-corrected chi connectivity index (χ2v) is 14.6. The maximum atomic E-state index is 6.47. The molecular formula is C52H35N3O2. The predicted octanol–water partition coefficient (Wildman–Crippen LogP) is 12.9. The predicted molar refractivity (Wildman–Crippen MR) is 228 cm³/mol. The summed E-state index contributed by atoms with van der Waals surface area (Å²) in [6, 6.07) is 59.0. The first-order valence-electron chi connectivity index (χ1n) is 19.4. The molecule has 0 N–H and O–H groups in total. The minimum atomic E-state index is 0.575. The van der Waals surface area contributed by atoms with Gasteiger partial charge in [-0.15, -0.1) is 0 Å². The number of aromatic nitrogens is 3. The van der Waals surface area contributed by atoms with E-state index < -0.39 is 0 Å². The van der Waals surface area contributed by atoms with Crippen molar-refractivity contribution in [2.24, 2.45) is 0 Å². The van der Waals surface area contributed by atoms with Gasteiger partial charge >= 0.3 is 0 Å². The van der Waals surface area contributed by atoms with Crippen molar-refractivity contribution in [3.8, 4) is 73.3 Å². The monoisotopic (exact) mass is 733 g/mol. The number of nitrogens with zero attached hydrogens (tertiary/aromatic N) is 3. The highest BCUT2D eigenvalue weighted by Crippen LogP contribution is 2.44. The van der Waals surface area contributed by atoms with Gasteiger partial charge in [0.25, 0.3) is 0 Å². The first-order valence-corrected chi connectivity index (χ1v) is 19.4. The van der Waals surface area contributed by atoms with Crippen molar-refractivity contribution in [1.82, 2.24) is 15.0 Å². The third-order valence-electron chi connectivity index (χ3n) is 11.2. The number of fused-ring (bicyclic) bond motifs is 6. The summed E-state index contributed by atoms with van der Waals surface area (Å²) in [6.07, 6.45) is 4.21. The third kappa shape index (κ3) is 5.92. The number of hydrogen-bond donors (Lipinski definition) is 0. The number of para-hydroxylation sites is 1. The topological polar surface area (TPSA) is 61.0 Å². The minimum absolute atomic E-state index is 0.575. The lowest BCUT2D eigenvalue weighted by atomic mass is 9.89. The third-order valence-corrected chi connectivity index (χ3v) is 11.2. The molecule has 0 spiro atoms. The molecule has 0 atom stereocenters. The van der Waals surface area contributed by atoms with Crippen LogP contribution in [0.2, 0.25) is 0 Å². The fraction of sp³-hybridized carbons (Fsp3) is 0.0577. The van der Waals surface area contributed by atoms with E-state index in [9.17, 15) is 0 Å². The Balaban J connectivity index is 1.00. The molecule has 5 nitrogen and oxygen atoms in total. The van der Waals surface area contributed by atoms with Gasteiger partial charge in [-0.3, -0.25) is 0 Å². The summed E-state index contributed by atoms with van der Waals surface area (Å²) >= 11 is 0. The van der Waals surface area contributed by atoms with Crippen molar-refractivity contribution in [2.75, 3.05) is 0 Å². The van der Waals surface area contributed by atoms with Crippen LogP contribution >= 0.6 is 0 Å². The normalized spacial score (nSPS) is 12.9. The van der Waals surface area contributed by atoms with Crippen LogP contribution in [0.5, 0.6) is 5.75 Å². The Bertz CT molecular complexity index is 3000. The quantitative estimate of drug-likeness (QED) is 0.170. The number of ether oxygens (including phenoxy) is 1. The van der Waals surface area contributed by atoms with Gasteiger partial charge in [0.1, 0.15) is 23.7 Å². The molecule has 9 aromatic rings. The number of rotatable bonds is 6. The zero-order chi connectivity index (χ0) is 37.7. The van der Waals surface area contributed by atoms with Gasteiger partial charge in [0.05, 0.1) is 0 Å². The number of hydrogen-bond acceptors (Lipinski definition) is 5.